The number of fused-ring (bicyclic) bond motifs is 1. The Morgan fingerprint density at radius 1 is 1.03 bits per heavy atom. The Labute approximate surface area is 202 Å². The summed E-state index contributed by atoms with van der Waals surface area (Å²) < 4.78 is 59.0. The van der Waals surface area contributed by atoms with Crippen molar-refractivity contribution in [1.82, 2.24) is 14.9 Å². The van der Waals surface area contributed by atoms with Gasteiger partial charge in [-0.2, -0.15) is 0 Å². The van der Waals surface area contributed by atoms with Crippen LogP contribution >= 0.6 is 0 Å². The minimum absolute atomic E-state index is 0.00329. The third-order valence-corrected chi connectivity index (χ3v) is 6.30. The molecule has 0 bridgehead atoms. The van der Waals surface area contributed by atoms with Gasteiger partial charge in [0.05, 0.1) is 17.6 Å². The minimum Gasteiger partial charge on any atom is -0.389 e. The molecular formula is C24H24F4N4O4. The number of aliphatic hydroxyl groups excluding tert-OH is 2. The molecule has 2 aromatic heterocycles. The van der Waals surface area contributed by atoms with E-state index in [1.165, 1.54) is 4.90 Å². The highest BCUT2D eigenvalue weighted by molar-refractivity contribution is 5.97. The van der Waals surface area contributed by atoms with E-state index in [9.17, 15) is 33.0 Å². The van der Waals surface area contributed by atoms with E-state index >= 15 is 4.39 Å². The summed E-state index contributed by atoms with van der Waals surface area (Å²) >= 11 is 0. The molecule has 12 heteroatoms. The van der Waals surface area contributed by atoms with Gasteiger partial charge in [-0.25, -0.2) is 22.5 Å². The van der Waals surface area contributed by atoms with Crippen LogP contribution in [0.2, 0.25) is 0 Å². The molecule has 0 unspecified atom stereocenters. The summed E-state index contributed by atoms with van der Waals surface area (Å²) in [6.07, 6.45) is -1.51. The van der Waals surface area contributed by atoms with E-state index in [0.717, 1.165) is 16.8 Å². The number of benzene rings is 1. The van der Waals surface area contributed by atoms with Crippen LogP contribution in [0.4, 0.5) is 23.4 Å². The zero-order valence-electron chi connectivity index (χ0n) is 19.6. The number of halogens is 4. The lowest BCUT2D eigenvalue weighted by atomic mass is 10.1. The summed E-state index contributed by atoms with van der Waals surface area (Å²) in [5, 5.41) is 21.8. The Bertz CT molecular complexity index is 1380. The number of nitrogens with zero attached hydrogens (tertiary/aromatic N) is 3. The van der Waals surface area contributed by atoms with E-state index in [1.54, 1.807) is 6.92 Å². The van der Waals surface area contributed by atoms with Crippen molar-refractivity contribution in [2.24, 2.45) is 5.92 Å². The molecule has 4 rings (SSSR count). The quantitative estimate of drug-likeness (QED) is 0.457. The number of anilines is 1. The highest BCUT2D eigenvalue weighted by atomic mass is 19.1. The summed E-state index contributed by atoms with van der Waals surface area (Å²) in [4.78, 5) is 31.4. The Hall–Kier alpha value is -3.51. The Morgan fingerprint density at radius 2 is 1.61 bits per heavy atom. The maximum absolute atomic E-state index is 15.1. The zero-order chi connectivity index (χ0) is 26.5. The number of hydrogen-bond acceptors (Lipinski definition) is 6. The maximum Gasteiger partial charge on any atom is 0.257 e. The summed E-state index contributed by atoms with van der Waals surface area (Å²) in [5.74, 6) is -6.15. The minimum atomic E-state index is -1.35. The predicted molar refractivity (Wildman–Crippen MR) is 123 cm³/mol. The molecule has 1 aliphatic rings. The topological polar surface area (TPSA) is 108 Å². The molecule has 1 aromatic carbocycles. The fourth-order valence-electron chi connectivity index (χ4n) is 3.93. The van der Waals surface area contributed by atoms with Gasteiger partial charge in [0.1, 0.15) is 17.1 Å². The number of aromatic nitrogens is 2. The van der Waals surface area contributed by atoms with Crippen molar-refractivity contribution in [2.45, 2.75) is 39.0 Å². The fraction of sp³-hybridized carbons (Fsp3) is 0.375. The Balaban J connectivity index is 2.00. The molecule has 0 spiro atoms. The van der Waals surface area contributed by atoms with Crippen LogP contribution in [0.25, 0.3) is 16.7 Å². The molecular weight excluding hydrogens is 484 g/mol. The van der Waals surface area contributed by atoms with Crippen LogP contribution in [0, 0.1) is 29.2 Å². The number of amides is 1. The molecule has 36 heavy (non-hydrogen) atoms. The molecule has 3 atom stereocenters. The van der Waals surface area contributed by atoms with E-state index in [1.807, 2.05) is 13.8 Å². The van der Waals surface area contributed by atoms with Gasteiger partial charge in [0.15, 0.2) is 28.9 Å². The smallest absolute Gasteiger partial charge is 0.257 e. The van der Waals surface area contributed by atoms with Gasteiger partial charge in [-0.05, 0) is 18.9 Å². The van der Waals surface area contributed by atoms with Crippen LogP contribution in [0.3, 0.4) is 0 Å². The van der Waals surface area contributed by atoms with Crippen LogP contribution in [0.5, 0.6) is 0 Å². The van der Waals surface area contributed by atoms with Gasteiger partial charge in [0.25, 0.3) is 5.91 Å². The van der Waals surface area contributed by atoms with Crippen molar-refractivity contribution in [2.75, 3.05) is 18.0 Å². The SMILES string of the molecule is CC(C)[C@H](C)NC(=O)c1cn(-c2c(F)cc(F)cc2F)c2nc(N3C[C@@H](O)[C@H](O)C3)c(F)cc2c1=O. The van der Waals surface area contributed by atoms with Gasteiger partial charge in [-0.1, -0.05) is 13.8 Å². The lowest BCUT2D eigenvalue weighted by Gasteiger charge is -2.21. The van der Waals surface area contributed by atoms with Gasteiger partial charge in [0, 0.05) is 37.5 Å². The van der Waals surface area contributed by atoms with Crippen LogP contribution in [-0.4, -0.2) is 57.0 Å². The molecule has 3 N–H and O–H groups in total. The summed E-state index contributed by atoms with van der Waals surface area (Å²) in [5.41, 5.74) is -2.71. The summed E-state index contributed by atoms with van der Waals surface area (Å²) in [6.45, 7) is 5.00. The van der Waals surface area contributed by atoms with Gasteiger partial charge in [-0.3, -0.25) is 14.2 Å². The number of rotatable bonds is 5. The second-order valence-electron chi connectivity index (χ2n) is 9.17. The highest BCUT2D eigenvalue weighted by Crippen LogP contribution is 2.28. The van der Waals surface area contributed by atoms with E-state index in [-0.39, 0.29) is 30.9 Å². The summed E-state index contributed by atoms with van der Waals surface area (Å²) in [6, 6.07) is 1.24. The first-order chi connectivity index (χ1) is 16.9. The van der Waals surface area contributed by atoms with E-state index < -0.39 is 69.1 Å². The first-order valence-electron chi connectivity index (χ1n) is 11.2. The van der Waals surface area contributed by atoms with Crippen molar-refractivity contribution >= 4 is 22.8 Å². The molecule has 1 fully saturated rings. The molecule has 3 heterocycles. The number of aliphatic hydroxyl groups is 2. The first kappa shape index (κ1) is 25.6. The average Bonchev–Trinajstić information content (AvgIpc) is 3.12. The number of carbonyl (C=O) groups excluding carboxylic acids is 1. The maximum atomic E-state index is 15.1. The van der Waals surface area contributed by atoms with Crippen molar-refractivity contribution < 1.29 is 32.6 Å². The van der Waals surface area contributed by atoms with Gasteiger partial charge in [-0.15, -0.1) is 0 Å². The van der Waals surface area contributed by atoms with E-state index in [2.05, 4.69) is 10.3 Å². The molecule has 0 radical (unpaired) electrons. The van der Waals surface area contributed by atoms with Gasteiger partial charge in [0.2, 0.25) is 5.43 Å². The third kappa shape index (κ3) is 4.53. The first-order valence-corrected chi connectivity index (χ1v) is 11.2. The normalized spacial score (nSPS) is 18.8. The van der Waals surface area contributed by atoms with Crippen LogP contribution in [0.15, 0.2) is 29.2 Å². The molecule has 8 nitrogen and oxygen atoms in total. The monoisotopic (exact) mass is 508 g/mol. The van der Waals surface area contributed by atoms with Crippen molar-refractivity contribution in [1.29, 1.82) is 0 Å². The molecule has 192 valence electrons. The molecule has 1 amide bonds. The lowest BCUT2D eigenvalue weighted by molar-refractivity contribution is 0.0572. The third-order valence-electron chi connectivity index (χ3n) is 6.30. The predicted octanol–water partition coefficient (Wildman–Crippen LogP) is 2.26. The standard InChI is InChI=1S/C24H24F4N4O4/c1-10(2)11(3)29-24(36)14-7-32(20-15(26)4-12(25)5-16(20)27)22-13(21(14)35)6-17(28)23(30-22)31-8-18(33)19(34)9-31/h4-7,10-11,18-19,33-34H,8-9H2,1-3H3,(H,29,36)/t11-,18+,19+/m0/s1. The van der Waals surface area contributed by atoms with Crippen molar-refractivity contribution in [3.05, 3.63) is 63.5 Å². The lowest BCUT2D eigenvalue weighted by Crippen LogP contribution is -2.38. The van der Waals surface area contributed by atoms with Crippen LogP contribution in [0.1, 0.15) is 31.1 Å². The summed E-state index contributed by atoms with van der Waals surface area (Å²) in [7, 11) is 0. The van der Waals surface area contributed by atoms with Gasteiger partial charge >= 0.3 is 0 Å². The Kier molecular flexibility index (Phi) is 6.76. The molecule has 1 aliphatic heterocycles. The van der Waals surface area contributed by atoms with Crippen molar-refractivity contribution in [3.8, 4) is 5.69 Å². The largest absolute Gasteiger partial charge is 0.389 e. The molecule has 1 saturated heterocycles. The fourth-order valence-corrected chi connectivity index (χ4v) is 3.93. The Morgan fingerprint density at radius 3 is 2.17 bits per heavy atom. The van der Waals surface area contributed by atoms with Crippen LogP contribution in [-0.2, 0) is 0 Å². The van der Waals surface area contributed by atoms with E-state index in [0.29, 0.717) is 12.1 Å². The second-order valence-corrected chi connectivity index (χ2v) is 9.17. The zero-order valence-corrected chi connectivity index (χ0v) is 19.6. The van der Waals surface area contributed by atoms with Crippen LogP contribution < -0.4 is 15.6 Å². The number of hydrogen-bond donors (Lipinski definition) is 3. The van der Waals surface area contributed by atoms with Crippen molar-refractivity contribution in [3.63, 3.8) is 0 Å². The number of β-amino-alcohol motifs (C(OH)–C–C–N with tert-alkyl or cyclic N) is 2. The van der Waals surface area contributed by atoms with E-state index in [4.69, 9.17) is 0 Å². The number of pyridine rings is 2. The van der Waals surface area contributed by atoms with Gasteiger partial charge < -0.3 is 20.4 Å². The number of nitrogens with one attached hydrogen (secondary N) is 1. The number of carbonyl (C=O) groups is 1. The second kappa shape index (κ2) is 9.51. The average molecular weight is 508 g/mol. The molecule has 0 saturated carbocycles. The highest BCUT2D eigenvalue weighted by Gasteiger charge is 2.33. The molecule has 3 aromatic rings. The molecule has 0 aliphatic carbocycles.